The van der Waals surface area contributed by atoms with E-state index in [1.165, 1.54) is 0 Å². The van der Waals surface area contributed by atoms with Crippen LogP contribution in [0, 0.1) is 0 Å². The Morgan fingerprint density at radius 2 is 1.92 bits per heavy atom. The van der Waals surface area contributed by atoms with E-state index in [-0.39, 0.29) is 17.9 Å². The number of carbonyl (C=O) groups is 2. The molecule has 2 aliphatic rings. The first kappa shape index (κ1) is 16.9. The average molecular weight is 417 g/mol. The number of ether oxygens (including phenoxy) is 2. The van der Waals surface area contributed by atoms with Crippen LogP contribution in [0.3, 0.4) is 0 Å². The van der Waals surface area contributed by atoms with Crippen LogP contribution >= 0.6 is 15.9 Å². The first-order chi connectivity index (χ1) is 12.5. The number of nitrogens with zero attached hydrogens (tertiary/aromatic N) is 1. The third-order valence-electron chi connectivity index (χ3n) is 4.80. The highest BCUT2D eigenvalue weighted by Crippen LogP contribution is 2.43. The van der Waals surface area contributed by atoms with Gasteiger partial charge in [-0.1, -0.05) is 6.07 Å². The van der Waals surface area contributed by atoms with Gasteiger partial charge < -0.3 is 19.7 Å². The van der Waals surface area contributed by atoms with Crippen LogP contribution in [0.5, 0.6) is 11.5 Å². The quantitative estimate of drug-likeness (QED) is 0.830. The number of amides is 1. The second-order valence-electron chi connectivity index (χ2n) is 6.18. The van der Waals surface area contributed by atoms with Gasteiger partial charge in [0.25, 0.3) is 5.91 Å². The van der Waals surface area contributed by atoms with Crippen LogP contribution in [0.4, 0.5) is 5.69 Å². The Morgan fingerprint density at radius 1 is 1.15 bits per heavy atom. The zero-order valence-corrected chi connectivity index (χ0v) is 15.9. The summed E-state index contributed by atoms with van der Waals surface area (Å²) in [5.41, 5.74) is 2.69. The number of ketones is 1. The minimum absolute atomic E-state index is 0.0695. The van der Waals surface area contributed by atoms with Gasteiger partial charge in [-0.15, -0.1) is 0 Å². The van der Waals surface area contributed by atoms with E-state index in [9.17, 15) is 9.59 Å². The smallest absolute Gasteiger partial charge is 0.255 e. The molecule has 134 valence electrons. The SMILES string of the molecule is COc1cc(C2NC(=O)c3cccc4c3N2CCC4=O)cc(Br)c1OC. The maximum absolute atomic E-state index is 12.7. The molecule has 0 saturated heterocycles. The van der Waals surface area contributed by atoms with Crippen LogP contribution in [0.2, 0.25) is 0 Å². The topological polar surface area (TPSA) is 67.9 Å². The Morgan fingerprint density at radius 3 is 2.65 bits per heavy atom. The molecule has 2 aromatic rings. The Labute approximate surface area is 159 Å². The summed E-state index contributed by atoms with van der Waals surface area (Å²) in [7, 11) is 3.14. The fraction of sp³-hybridized carbons (Fsp3) is 0.263. The van der Waals surface area contributed by atoms with Crippen LogP contribution in [-0.2, 0) is 0 Å². The van der Waals surface area contributed by atoms with Crippen LogP contribution < -0.4 is 19.7 Å². The molecular weight excluding hydrogens is 400 g/mol. The van der Waals surface area contributed by atoms with E-state index in [0.717, 1.165) is 10.0 Å². The molecule has 7 heteroatoms. The Hall–Kier alpha value is -2.54. The molecule has 0 spiro atoms. The van der Waals surface area contributed by atoms with Crippen LogP contribution in [-0.4, -0.2) is 32.5 Å². The molecule has 0 aromatic heterocycles. The van der Waals surface area contributed by atoms with Crippen LogP contribution in [0.1, 0.15) is 38.9 Å². The van der Waals surface area contributed by atoms with Crippen molar-refractivity contribution in [1.82, 2.24) is 5.32 Å². The molecule has 2 aromatic carbocycles. The minimum Gasteiger partial charge on any atom is -0.493 e. The van der Waals surface area contributed by atoms with Crippen molar-refractivity contribution in [2.24, 2.45) is 0 Å². The first-order valence-electron chi connectivity index (χ1n) is 8.20. The second kappa shape index (κ2) is 6.32. The van der Waals surface area contributed by atoms with Crippen LogP contribution in [0.15, 0.2) is 34.8 Å². The summed E-state index contributed by atoms with van der Waals surface area (Å²) in [5.74, 6) is 1.04. The van der Waals surface area contributed by atoms with Gasteiger partial charge >= 0.3 is 0 Å². The highest BCUT2D eigenvalue weighted by atomic mass is 79.9. The fourth-order valence-corrected chi connectivity index (χ4v) is 4.25. The van der Waals surface area contributed by atoms with Crippen molar-refractivity contribution in [3.63, 3.8) is 0 Å². The summed E-state index contributed by atoms with van der Waals surface area (Å²) in [6.45, 7) is 0.541. The minimum atomic E-state index is -0.389. The third kappa shape index (κ3) is 2.46. The molecule has 6 nitrogen and oxygen atoms in total. The lowest BCUT2D eigenvalue weighted by molar-refractivity contribution is 0.0921. The number of hydrogen-bond donors (Lipinski definition) is 1. The third-order valence-corrected chi connectivity index (χ3v) is 5.39. The molecule has 0 aliphatic carbocycles. The van der Waals surface area contributed by atoms with Crippen molar-refractivity contribution in [3.8, 4) is 11.5 Å². The van der Waals surface area contributed by atoms with Crippen molar-refractivity contribution in [2.45, 2.75) is 12.6 Å². The second-order valence-corrected chi connectivity index (χ2v) is 7.04. The molecule has 0 radical (unpaired) electrons. The standard InChI is InChI=1S/C19H17BrN2O4/c1-25-15-9-10(8-13(20)17(15)26-2)18-21-19(24)12-5-3-4-11-14(23)6-7-22(18)16(11)12/h3-5,8-9,18H,6-7H2,1-2H3,(H,21,24). The Balaban J connectivity index is 1.86. The normalized spacial score (nSPS) is 18.3. The number of methoxy groups -OCH3 is 2. The fourth-order valence-electron chi connectivity index (χ4n) is 3.63. The summed E-state index contributed by atoms with van der Waals surface area (Å²) >= 11 is 3.50. The van der Waals surface area contributed by atoms with Gasteiger partial charge in [0.15, 0.2) is 17.3 Å². The highest BCUT2D eigenvalue weighted by Gasteiger charge is 2.38. The molecule has 4 rings (SSSR count). The lowest BCUT2D eigenvalue weighted by atomic mass is 9.92. The number of Topliss-reactive ketones (excluding diaryl/α,β-unsaturated/α-hetero) is 1. The first-order valence-corrected chi connectivity index (χ1v) is 8.99. The van der Waals surface area contributed by atoms with Crippen molar-refractivity contribution in [1.29, 1.82) is 0 Å². The number of hydrogen-bond acceptors (Lipinski definition) is 5. The number of halogens is 1. The molecule has 1 unspecified atom stereocenters. The number of benzene rings is 2. The van der Waals surface area contributed by atoms with E-state index in [4.69, 9.17) is 9.47 Å². The number of anilines is 1. The molecule has 0 saturated carbocycles. The number of rotatable bonds is 3. The molecule has 1 amide bonds. The van der Waals surface area contributed by atoms with Gasteiger partial charge in [-0.2, -0.15) is 0 Å². The Kier molecular flexibility index (Phi) is 4.11. The molecule has 1 atom stereocenters. The summed E-state index contributed by atoms with van der Waals surface area (Å²) < 4.78 is 11.5. The van der Waals surface area contributed by atoms with E-state index in [1.54, 1.807) is 32.4 Å². The largest absolute Gasteiger partial charge is 0.493 e. The van der Waals surface area contributed by atoms with Gasteiger partial charge in [0.1, 0.15) is 6.17 Å². The summed E-state index contributed by atoms with van der Waals surface area (Å²) in [6, 6.07) is 9.03. The van der Waals surface area contributed by atoms with Crippen molar-refractivity contribution < 1.29 is 19.1 Å². The van der Waals surface area contributed by atoms with E-state index in [2.05, 4.69) is 26.1 Å². The van der Waals surface area contributed by atoms with Crippen LogP contribution in [0.25, 0.3) is 0 Å². The lowest BCUT2D eigenvalue weighted by Gasteiger charge is -2.42. The number of nitrogens with one attached hydrogen (secondary N) is 1. The maximum Gasteiger partial charge on any atom is 0.255 e. The van der Waals surface area contributed by atoms with Gasteiger partial charge in [-0.3, -0.25) is 9.59 Å². The number of para-hydroxylation sites is 1. The molecule has 2 heterocycles. The van der Waals surface area contributed by atoms with E-state index in [1.807, 2.05) is 12.1 Å². The molecule has 2 aliphatic heterocycles. The van der Waals surface area contributed by atoms with E-state index >= 15 is 0 Å². The van der Waals surface area contributed by atoms with Crippen molar-refractivity contribution in [3.05, 3.63) is 51.5 Å². The monoisotopic (exact) mass is 416 g/mol. The lowest BCUT2D eigenvalue weighted by Crippen LogP contribution is -2.49. The summed E-state index contributed by atoms with van der Waals surface area (Å²) in [4.78, 5) is 27.0. The van der Waals surface area contributed by atoms with Gasteiger partial charge in [-0.05, 0) is 45.8 Å². The van der Waals surface area contributed by atoms with Crippen molar-refractivity contribution in [2.75, 3.05) is 25.7 Å². The Bertz CT molecular complexity index is 914. The average Bonchev–Trinajstić information content (AvgIpc) is 2.65. The van der Waals surface area contributed by atoms with E-state index in [0.29, 0.717) is 41.3 Å². The van der Waals surface area contributed by atoms with Crippen molar-refractivity contribution >= 4 is 33.3 Å². The summed E-state index contributed by atoms with van der Waals surface area (Å²) in [5, 5.41) is 3.04. The molecule has 26 heavy (non-hydrogen) atoms. The summed E-state index contributed by atoms with van der Waals surface area (Å²) in [6.07, 6.45) is 0.0254. The van der Waals surface area contributed by atoms with Gasteiger partial charge in [0, 0.05) is 18.5 Å². The maximum atomic E-state index is 12.7. The molecular formula is C19H17BrN2O4. The van der Waals surface area contributed by atoms with Gasteiger partial charge in [0.2, 0.25) is 0 Å². The highest BCUT2D eigenvalue weighted by molar-refractivity contribution is 9.10. The van der Waals surface area contributed by atoms with Gasteiger partial charge in [0.05, 0.1) is 29.9 Å². The molecule has 1 N–H and O–H groups in total. The predicted octanol–water partition coefficient (Wildman–Crippen LogP) is 3.30. The molecule has 0 bridgehead atoms. The zero-order chi connectivity index (χ0) is 18.4. The predicted molar refractivity (Wildman–Crippen MR) is 100 cm³/mol. The van der Waals surface area contributed by atoms with E-state index < -0.39 is 0 Å². The van der Waals surface area contributed by atoms with Gasteiger partial charge in [-0.25, -0.2) is 0 Å². The molecule has 0 fully saturated rings. The zero-order valence-electron chi connectivity index (χ0n) is 14.3. The number of carbonyl (C=O) groups excluding carboxylic acids is 2.